The highest BCUT2D eigenvalue weighted by Crippen LogP contribution is 2.24. The molecule has 2 N–H and O–H groups in total. The summed E-state index contributed by atoms with van der Waals surface area (Å²) in [6, 6.07) is 17.0. The van der Waals surface area contributed by atoms with Gasteiger partial charge in [-0.3, -0.25) is 19.7 Å². The lowest BCUT2D eigenvalue weighted by atomic mass is 10.1. The number of hydrogen-bond donors (Lipinski definition) is 2. The first-order chi connectivity index (χ1) is 13.8. The molecule has 0 radical (unpaired) electrons. The first kappa shape index (κ1) is 20.5. The number of non-ortho nitro benzene ring substituents is 1. The number of nitro benzene ring substituents is 1. The van der Waals surface area contributed by atoms with Crippen LogP contribution in [0.15, 0.2) is 71.2 Å². The lowest BCUT2D eigenvalue weighted by Crippen LogP contribution is -2.14. The van der Waals surface area contributed by atoms with Gasteiger partial charge in [-0.05, 0) is 58.4 Å². The lowest BCUT2D eigenvalue weighted by molar-refractivity contribution is -0.384. The van der Waals surface area contributed by atoms with E-state index < -0.39 is 10.8 Å². The Bertz CT molecular complexity index is 1120. The van der Waals surface area contributed by atoms with Gasteiger partial charge in [0, 0.05) is 38.6 Å². The minimum Gasteiger partial charge on any atom is -0.322 e. The van der Waals surface area contributed by atoms with Gasteiger partial charge in [0.1, 0.15) is 0 Å². The second-order valence-electron chi connectivity index (χ2n) is 5.92. The number of nitrogens with zero attached hydrogens (tertiary/aromatic N) is 1. The van der Waals surface area contributed by atoms with Crippen molar-refractivity contribution in [3.63, 3.8) is 0 Å². The molecule has 3 rings (SSSR count). The molecule has 2 amide bonds. The summed E-state index contributed by atoms with van der Waals surface area (Å²) in [4.78, 5) is 35.2. The maximum atomic E-state index is 12.5. The first-order valence-corrected chi connectivity index (χ1v) is 9.43. The van der Waals surface area contributed by atoms with Crippen molar-refractivity contribution in [3.05, 3.63) is 97.5 Å². The fourth-order valence-electron chi connectivity index (χ4n) is 2.51. The largest absolute Gasteiger partial charge is 0.322 e. The molecule has 146 valence electrons. The Hall–Kier alpha value is -3.23. The third-order valence-corrected chi connectivity index (χ3v) is 4.80. The zero-order valence-corrected chi connectivity index (χ0v) is 17.0. The van der Waals surface area contributed by atoms with Crippen LogP contribution < -0.4 is 10.6 Å². The van der Waals surface area contributed by atoms with Crippen LogP contribution in [0.4, 0.5) is 17.1 Å². The number of carbonyl (C=O) groups excluding carboxylic acids is 2. The molecule has 3 aromatic carbocycles. The summed E-state index contributed by atoms with van der Waals surface area (Å²) in [7, 11) is 0. The van der Waals surface area contributed by atoms with E-state index >= 15 is 0 Å². The van der Waals surface area contributed by atoms with Crippen molar-refractivity contribution in [2.75, 3.05) is 10.6 Å². The highest BCUT2D eigenvalue weighted by atomic mass is 79.9. The fraction of sp³-hybridized carbons (Fsp3) is 0. The van der Waals surface area contributed by atoms with E-state index in [1.54, 1.807) is 48.5 Å². The molecule has 0 saturated carbocycles. The van der Waals surface area contributed by atoms with Crippen molar-refractivity contribution in [3.8, 4) is 0 Å². The number of nitrogens with one attached hydrogen (secondary N) is 2. The summed E-state index contributed by atoms with van der Waals surface area (Å²) in [5.41, 5.74) is 1.20. The topological polar surface area (TPSA) is 101 Å². The Balaban J connectivity index is 1.76. The molecular formula is C20H13BrClN3O4. The number of amides is 2. The van der Waals surface area contributed by atoms with E-state index in [1.807, 2.05) is 0 Å². The second-order valence-corrected chi connectivity index (χ2v) is 7.21. The number of anilines is 2. The van der Waals surface area contributed by atoms with E-state index in [1.165, 1.54) is 18.2 Å². The van der Waals surface area contributed by atoms with Gasteiger partial charge < -0.3 is 10.6 Å². The highest BCUT2D eigenvalue weighted by Gasteiger charge is 2.16. The van der Waals surface area contributed by atoms with Gasteiger partial charge in [-0.25, -0.2) is 0 Å². The minimum atomic E-state index is -0.574. The van der Waals surface area contributed by atoms with Gasteiger partial charge >= 0.3 is 0 Å². The smallest absolute Gasteiger partial charge is 0.270 e. The Labute approximate surface area is 179 Å². The highest BCUT2D eigenvalue weighted by molar-refractivity contribution is 9.10. The van der Waals surface area contributed by atoms with Gasteiger partial charge in [-0.2, -0.15) is 0 Å². The summed E-state index contributed by atoms with van der Waals surface area (Å²) < 4.78 is 0.422. The molecule has 0 spiro atoms. The molecule has 0 aliphatic rings. The third-order valence-electron chi connectivity index (χ3n) is 3.87. The standard InChI is InChI=1S/C20H13BrClN3O4/c21-18-8-7-16(25(28)29)11-17(18)20(27)24-15-6-2-5-14(10-15)23-19(26)12-3-1-4-13(22)9-12/h1-11H,(H,23,26)(H,24,27). The molecule has 0 aromatic heterocycles. The van der Waals surface area contributed by atoms with Crippen molar-refractivity contribution in [1.29, 1.82) is 0 Å². The predicted octanol–water partition coefficient (Wildman–Crippen LogP) is 5.52. The van der Waals surface area contributed by atoms with E-state index in [9.17, 15) is 19.7 Å². The van der Waals surface area contributed by atoms with Gasteiger partial charge in [-0.15, -0.1) is 0 Å². The molecule has 3 aromatic rings. The average molecular weight is 475 g/mol. The van der Waals surface area contributed by atoms with Crippen LogP contribution in [0.25, 0.3) is 0 Å². The monoisotopic (exact) mass is 473 g/mol. The van der Waals surface area contributed by atoms with E-state index in [-0.39, 0.29) is 17.2 Å². The average Bonchev–Trinajstić information content (AvgIpc) is 2.68. The van der Waals surface area contributed by atoms with Gasteiger partial charge in [-0.1, -0.05) is 23.7 Å². The van der Waals surface area contributed by atoms with Crippen LogP contribution in [0.5, 0.6) is 0 Å². The molecule has 0 fully saturated rings. The van der Waals surface area contributed by atoms with E-state index in [0.29, 0.717) is 26.4 Å². The lowest BCUT2D eigenvalue weighted by Gasteiger charge is -2.10. The van der Waals surface area contributed by atoms with Crippen LogP contribution in [0, 0.1) is 10.1 Å². The number of hydrogen-bond acceptors (Lipinski definition) is 4. The number of nitro groups is 1. The zero-order valence-electron chi connectivity index (χ0n) is 14.7. The van der Waals surface area contributed by atoms with Crippen molar-refractivity contribution in [1.82, 2.24) is 0 Å². The molecule has 0 atom stereocenters. The molecule has 0 heterocycles. The fourth-order valence-corrected chi connectivity index (χ4v) is 3.12. The number of carbonyl (C=O) groups is 2. The van der Waals surface area contributed by atoms with Crippen molar-refractivity contribution in [2.24, 2.45) is 0 Å². The summed E-state index contributed by atoms with van der Waals surface area (Å²) in [5.74, 6) is -0.878. The van der Waals surface area contributed by atoms with E-state index in [2.05, 4.69) is 26.6 Å². The molecule has 29 heavy (non-hydrogen) atoms. The summed E-state index contributed by atoms with van der Waals surface area (Å²) in [6.45, 7) is 0. The van der Waals surface area contributed by atoms with Gasteiger partial charge in [0.15, 0.2) is 0 Å². The van der Waals surface area contributed by atoms with Crippen LogP contribution >= 0.6 is 27.5 Å². The Morgan fingerprint density at radius 1 is 0.897 bits per heavy atom. The molecule has 0 aliphatic carbocycles. The van der Waals surface area contributed by atoms with Gasteiger partial charge in [0.05, 0.1) is 10.5 Å². The Morgan fingerprint density at radius 3 is 2.21 bits per heavy atom. The molecule has 7 nitrogen and oxygen atoms in total. The molecule has 0 unspecified atom stereocenters. The first-order valence-electron chi connectivity index (χ1n) is 8.26. The van der Waals surface area contributed by atoms with Crippen molar-refractivity contribution < 1.29 is 14.5 Å². The third kappa shape index (κ3) is 5.18. The maximum absolute atomic E-state index is 12.5. The number of benzene rings is 3. The van der Waals surface area contributed by atoms with Gasteiger partial charge in [0.25, 0.3) is 17.5 Å². The maximum Gasteiger partial charge on any atom is 0.270 e. The molecule has 9 heteroatoms. The molecule has 0 aliphatic heterocycles. The van der Waals surface area contributed by atoms with Crippen LogP contribution in [-0.2, 0) is 0 Å². The number of halogens is 2. The minimum absolute atomic E-state index is 0.118. The van der Waals surface area contributed by atoms with Crippen LogP contribution in [0.1, 0.15) is 20.7 Å². The van der Waals surface area contributed by atoms with Crippen LogP contribution in [-0.4, -0.2) is 16.7 Å². The summed E-state index contributed by atoms with van der Waals surface area (Å²) in [6.07, 6.45) is 0. The van der Waals surface area contributed by atoms with E-state index in [4.69, 9.17) is 11.6 Å². The van der Waals surface area contributed by atoms with Crippen molar-refractivity contribution in [2.45, 2.75) is 0 Å². The normalized spacial score (nSPS) is 10.3. The molecule has 0 saturated heterocycles. The predicted molar refractivity (Wildman–Crippen MR) is 115 cm³/mol. The van der Waals surface area contributed by atoms with Crippen LogP contribution in [0.3, 0.4) is 0 Å². The number of rotatable bonds is 5. The SMILES string of the molecule is O=C(Nc1cccc(NC(=O)c2cc([N+](=O)[O-])ccc2Br)c1)c1cccc(Cl)c1. The molecular weight excluding hydrogens is 462 g/mol. The van der Waals surface area contributed by atoms with E-state index in [0.717, 1.165) is 0 Å². The second kappa shape index (κ2) is 8.85. The van der Waals surface area contributed by atoms with Crippen molar-refractivity contribution >= 4 is 56.4 Å². The summed E-state index contributed by atoms with van der Waals surface area (Å²) in [5, 5.41) is 16.8. The molecule has 0 bridgehead atoms. The Morgan fingerprint density at radius 2 is 1.55 bits per heavy atom. The Kier molecular flexibility index (Phi) is 6.26. The van der Waals surface area contributed by atoms with Crippen LogP contribution in [0.2, 0.25) is 5.02 Å². The summed E-state index contributed by atoms with van der Waals surface area (Å²) >= 11 is 9.12. The van der Waals surface area contributed by atoms with Gasteiger partial charge in [0.2, 0.25) is 0 Å². The quantitative estimate of drug-likeness (QED) is 0.376. The zero-order chi connectivity index (χ0) is 21.0.